The van der Waals surface area contributed by atoms with Gasteiger partial charge in [-0.25, -0.2) is 9.48 Å². The van der Waals surface area contributed by atoms with Crippen LogP contribution >= 0.6 is 22.9 Å². The van der Waals surface area contributed by atoms with E-state index >= 15 is 0 Å². The van der Waals surface area contributed by atoms with Gasteiger partial charge in [-0.3, -0.25) is 14.9 Å². The first kappa shape index (κ1) is 24.2. The van der Waals surface area contributed by atoms with Crippen LogP contribution in [0.4, 0.5) is 11.4 Å². The van der Waals surface area contributed by atoms with E-state index in [2.05, 4.69) is 10.4 Å². The third kappa shape index (κ3) is 5.26. The summed E-state index contributed by atoms with van der Waals surface area (Å²) in [5, 5.41) is 19.6. The first-order valence-electron chi connectivity index (χ1n) is 10.4. The van der Waals surface area contributed by atoms with E-state index in [1.54, 1.807) is 29.8 Å². The number of hydrogen-bond donors (Lipinski definition) is 1. The number of esters is 1. The molecule has 0 saturated carbocycles. The van der Waals surface area contributed by atoms with E-state index in [4.69, 9.17) is 21.1 Å². The van der Waals surface area contributed by atoms with Gasteiger partial charge < -0.3 is 14.8 Å². The molecule has 10 nitrogen and oxygen atoms in total. The highest BCUT2D eigenvalue weighted by Crippen LogP contribution is 2.32. The van der Waals surface area contributed by atoms with Gasteiger partial charge in [-0.05, 0) is 56.3 Å². The molecule has 0 spiro atoms. The van der Waals surface area contributed by atoms with E-state index < -0.39 is 23.4 Å². The Morgan fingerprint density at radius 2 is 1.94 bits per heavy atom. The van der Waals surface area contributed by atoms with Crippen LogP contribution in [0.2, 0.25) is 5.02 Å². The molecule has 4 aromatic rings. The molecule has 0 radical (unpaired) electrons. The molecule has 0 aliphatic carbocycles. The van der Waals surface area contributed by atoms with Gasteiger partial charge in [-0.1, -0.05) is 11.6 Å². The average Bonchev–Trinajstić information content (AvgIpc) is 3.40. The van der Waals surface area contributed by atoms with Crippen molar-refractivity contribution in [2.75, 3.05) is 18.5 Å². The van der Waals surface area contributed by atoms with Crippen LogP contribution in [0.5, 0.6) is 5.75 Å². The van der Waals surface area contributed by atoms with Crippen LogP contribution in [0.3, 0.4) is 0 Å². The zero-order chi connectivity index (χ0) is 25.1. The summed E-state index contributed by atoms with van der Waals surface area (Å²) in [7, 11) is 0. The highest BCUT2D eigenvalue weighted by atomic mass is 35.5. The molecule has 0 bridgehead atoms. The van der Waals surface area contributed by atoms with Crippen LogP contribution in [0.15, 0.2) is 48.5 Å². The lowest BCUT2D eigenvalue weighted by molar-refractivity contribution is -0.384. The Bertz CT molecular complexity index is 1430. The number of halogens is 1. The number of nitrogens with one attached hydrogen (secondary N) is 1. The van der Waals surface area contributed by atoms with E-state index in [0.29, 0.717) is 22.3 Å². The minimum atomic E-state index is -0.713. The van der Waals surface area contributed by atoms with Crippen molar-refractivity contribution in [3.05, 3.63) is 74.2 Å². The van der Waals surface area contributed by atoms with E-state index in [1.165, 1.54) is 29.5 Å². The number of amides is 1. The SMILES string of the molecule is CCOc1ccc(NC(=O)COC(=O)c2cc3c(C)nn(-c4ccc(Cl)cc4)c3s2)c([N+](=O)[O-])c1. The van der Waals surface area contributed by atoms with Gasteiger partial charge in [-0.2, -0.15) is 5.10 Å². The molecule has 2 heterocycles. The number of carbonyl (C=O) groups is 2. The molecule has 0 atom stereocenters. The average molecular weight is 515 g/mol. The highest BCUT2D eigenvalue weighted by molar-refractivity contribution is 7.20. The van der Waals surface area contributed by atoms with Gasteiger partial charge >= 0.3 is 5.97 Å². The fourth-order valence-electron chi connectivity index (χ4n) is 3.32. The maximum absolute atomic E-state index is 12.6. The van der Waals surface area contributed by atoms with Gasteiger partial charge in [0.2, 0.25) is 0 Å². The molecule has 35 heavy (non-hydrogen) atoms. The highest BCUT2D eigenvalue weighted by Gasteiger charge is 2.21. The minimum absolute atomic E-state index is 0.0277. The molecule has 1 amide bonds. The van der Waals surface area contributed by atoms with Crippen LogP contribution in [-0.2, 0) is 9.53 Å². The fraction of sp³-hybridized carbons (Fsp3) is 0.174. The van der Waals surface area contributed by atoms with E-state index in [0.717, 1.165) is 21.6 Å². The number of nitrogens with zero attached hydrogens (tertiary/aromatic N) is 3. The zero-order valence-corrected chi connectivity index (χ0v) is 20.2. The molecule has 2 aromatic heterocycles. The molecular formula is C23H19ClN4O6S. The van der Waals surface area contributed by atoms with Crippen LogP contribution in [0.25, 0.3) is 15.9 Å². The van der Waals surface area contributed by atoms with Crippen molar-refractivity contribution in [1.29, 1.82) is 0 Å². The monoisotopic (exact) mass is 514 g/mol. The second kappa shape index (κ2) is 10.1. The van der Waals surface area contributed by atoms with Crippen molar-refractivity contribution in [3.63, 3.8) is 0 Å². The molecule has 1 N–H and O–H groups in total. The lowest BCUT2D eigenvalue weighted by Crippen LogP contribution is -2.21. The summed E-state index contributed by atoms with van der Waals surface area (Å²) in [5.74, 6) is -1.10. The smallest absolute Gasteiger partial charge is 0.348 e. The first-order valence-corrected chi connectivity index (χ1v) is 11.6. The minimum Gasteiger partial charge on any atom is -0.494 e. The molecular weight excluding hydrogens is 496 g/mol. The molecule has 0 saturated heterocycles. The molecule has 0 aliphatic heterocycles. The Balaban J connectivity index is 1.45. The number of nitro benzene ring substituents is 1. The Labute approximate surface area is 208 Å². The lowest BCUT2D eigenvalue weighted by Gasteiger charge is -2.08. The van der Waals surface area contributed by atoms with E-state index in [9.17, 15) is 19.7 Å². The number of ether oxygens (including phenoxy) is 2. The summed E-state index contributed by atoms with van der Waals surface area (Å²) in [5.41, 5.74) is 1.15. The van der Waals surface area contributed by atoms with Crippen molar-refractivity contribution < 1.29 is 24.0 Å². The topological polar surface area (TPSA) is 126 Å². The van der Waals surface area contributed by atoms with Crippen LogP contribution < -0.4 is 10.1 Å². The van der Waals surface area contributed by atoms with Crippen molar-refractivity contribution in [2.24, 2.45) is 0 Å². The third-order valence-corrected chi connectivity index (χ3v) is 6.24. The number of hydrogen-bond acceptors (Lipinski definition) is 8. The normalized spacial score (nSPS) is 10.8. The molecule has 4 rings (SSSR count). The standard InChI is InChI=1S/C23H19ClN4O6S/c1-3-33-16-8-9-18(19(10-16)28(31)32)25-21(29)12-34-23(30)20-11-17-13(2)26-27(22(17)35-20)15-6-4-14(24)5-7-15/h4-11H,3,12H2,1-2H3,(H,25,29). The summed E-state index contributed by atoms with van der Waals surface area (Å²) in [6.07, 6.45) is 0. The van der Waals surface area contributed by atoms with Crippen LogP contribution in [0, 0.1) is 17.0 Å². The Morgan fingerprint density at radius 1 is 1.20 bits per heavy atom. The number of nitro groups is 1. The van der Waals surface area contributed by atoms with E-state index in [-0.39, 0.29) is 11.4 Å². The van der Waals surface area contributed by atoms with Gasteiger partial charge in [0.05, 0.1) is 29.0 Å². The molecule has 0 fully saturated rings. The maximum Gasteiger partial charge on any atom is 0.348 e. The van der Waals surface area contributed by atoms with Crippen molar-refractivity contribution >= 4 is 56.4 Å². The number of anilines is 1. The quantitative estimate of drug-likeness (QED) is 0.196. The Kier molecular flexibility index (Phi) is 6.99. The lowest BCUT2D eigenvalue weighted by atomic mass is 10.2. The number of fused-ring (bicyclic) bond motifs is 1. The van der Waals surface area contributed by atoms with Crippen molar-refractivity contribution in [2.45, 2.75) is 13.8 Å². The van der Waals surface area contributed by atoms with E-state index in [1.807, 2.05) is 19.1 Å². The number of rotatable bonds is 8. The summed E-state index contributed by atoms with van der Waals surface area (Å²) >= 11 is 7.14. The zero-order valence-electron chi connectivity index (χ0n) is 18.6. The Morgan fingerprint density at radius 3 is 2.63 bits per heavy atom. The summed E-state index contributed by atoms with van der Waals surface area (Å²) < 4.78 is 12.1. The fourth-order valence-corrected chi connectivity index (χ4v) is 4.52. The maximum atomic E-state index is 12.6. The molecule has 0 aliphatic rings. The molecule has 2 aromatic carbocycles. The largest absolute Gasteiger partial charge is 0.494 e. The second-order valence-electron chi connectivity index (χ2n) is 7.30. The predicted molar refractivity (Wildman–Crippen MR) is 132 cm³/mol. The molecule has 0 unspecified atom stereocenters. The van der Waals surface area contributed by atoms with Gasteiger partial charge in [-0.15, -0.1) is 11.3 Å². The number of aryl methyl sites for hydroxylation is 1. The second-order valence-corrected chi connectivity index (χ2v) is 8.76. The van der Waals surface area contributed by atoms with Gasteiger partial charge in [0.1, 0.15) is 21.1 Å². The number of thiophene rings is 1. The molecule has 12 heteroatoms. The van der Waals surface area contributed by atoms with Crippen LogP contribution in [-0.4, -0.2) is 39.8 Å². The molecule has 180 valence electrons. The first-order chi connectivity index (χ1) is 16.8. The summed E-state index contributed by atoms with van der Waals surface area (Å²) in [4.78, 5) is 36.7. The number of carbonyl (C=O) groups excluding carboxylic acids is 2. The predicted octanol–water partition coefficient (Wildman–Crippen LogP) is 5.15. The van der Waals surface area contributed by atoms with Gasteiger partial charge in [0.25, 0.3) is 11.6 Å². The van der Waals surface area contributed by atoms with Gasteiger partial charge in [0, 0.05) is 10.4 Å². The number of benzene rings is 2. The summed E-state index contributed by atoms with van der Waals surface area (Å²) in [6, 6.07) is 12.9. The number of aromatic nitrogens is 2. The van der Waals surface area contributed by atoms with Gasteiger partial charge in [0.15, 0.2) is 6.61 Å². The Hall–Kier alpha value is -3.96. The third-order valence-electron chi connectivity index (χ3n) is 4.90. The summed E-state index contributed by atoms with van der Waals surface area (Å²) in [6.45, 7) is 3.31. The van der Waals surface area contributed by atoms with Crippen molar-refractivity contribution in [1.82, 2.24) is 9.78 Å². The van der Waals surface area contributed by atoms with Crippen LogP contribution in [0.1, 0.15) is 22.3 Å². The van der Waals surface area contributed by atoms with Crippen molar-refractivity contribution in [3.8, 4) is 11.4 Å².